The molecular formula is C16H21N5O3. The summed E-state index contributed by atoms with van der Waals surface area (Å²) >= 11 is 0. The van der Waals surface area contributed by atoms with E-state index in [2.05, 4.69) is 20.7 Å². The van der Waals surface area contributed by atoms with Gasteiger partial charge in [-0.05, 0) is 37.9 Å². The minimum absolute atomic E-state index is 0.0705. The number of carbonyl (C=O) groups excluding carboxylic acids is 1. The number of aryl methyl sites for hydroxylation is 1. The first-order valence-corrected chi connectivity index (χ1v) is 8.11. The van der Waals surface area contributed by atoms with Gasteiger partial charge in [0.2, 0.25) is 0 Å². The SMILES string of the molecule is Cc1cc(C2CCCNC2)oc(=O)c1C(=O)NCCn1cncn1. The molecule has 0 bridgehead atoms. The number of carbonyl (C=O) groups is 1. The number of nitrogens with zero attached hydrogens (tertiary/aromatic N) is 3. The molecule has 3 heterocycles. The Kier molecular flexibility index (Phi) is 5.05. The molecule has 1 saturated heterocycles. The van der Waals surface area contributed by atoms with E-state index in [9.17, 15) is 9.59 Å². The molecule has 3 rings (SSSR count). The van der Waals surface area contributed by atoms with E-state index < -0.39 is 11.5 Å². The Morgan fingerprint density at radius 2 is 2.42 bits per heavy atom. The van der Waals surface area contributed by atoms with Crippen molar-refractivity contribution in [1.29, 1.82) is 0 Å². The predicted molar refractivity (Wildman–Crippen MR) is 86.9 cm³/mol. The molecule has 128 valence electrons. The fraction of sp³-hybridized carbons (Fsp3) is 0.500. The second-order valence-electron chi connectivity index (χ2n) is 5.95. The molecule has 8 heteroatoms. The Hall–Kier alpha value is -2.48. The van der Waals surface area contributed by atoms with Crippen molar-refractivity contribution < 1.29 is 9.21 Å². The Bertz CT molecular complexity index is 748. The highest BCUT2D eigenvalue weighted by Crippen LogP contribution is 2.23. The van der Waals surface area contributed by atoms with Crippen molar-refractivity contribution in [3.63, 3.8) is 0 Å². The second kappa shape index (κ2) is 7.39. The number of hydrogen-bond acceptors (Lipinski definition) is 6. The van der Waals surface area contributed by atoms with Crippen LogP contribution in [-0.4, -0.2) is 40.3 Å². The monoisotopic (exact) mass is 331 g/mol. The van der Waals surface area contributed by atoms with Crippen LogP contribution < -0.4 is 16.3 Å². The van der Waals surface area contributed by atoms with Crippen molar-refractivity contribution in [2.45, 2.75) is 32.2 Å². The first-order valence-electron chi connectivity index (χ1n) is 8.11. The van der Waals surface area contributed by atoms with Crippen LogP contribution in [0.25, 0.3) is 0 Å². The zero-order valence-corrected chi connectivity index (χ0v) is 13.6. The molecule has 0 radical (unpaired) electrons. The van der Waals surface area contributed by atoms with Gasteiger partial charge in [-0.1, -0.05) is 0 Å². The molecule has 2 N–H and O–H groups in total. The van der Waals surface area contributed by atoms with Gasteiger partial charge in [-0.25, -0.2) is 9.78 Å². The van der Waals surface area contributed by atoms with Crippen LogP contribution in [0, 0.1) is 6.92 Å². The molecular weight excluding hydrogens is 310 g/mol. The third kappa shape index (κ3) is 3.70. The minimum atomic E-state index is -0.575. The van der Waals surface area contributed by atoms with Gasteiger partial charge in [-0.2, -0.15) is 5.10 Å². The van der Waals surface area contributed by atoms with Crippen molar-refractivity contribution >= 4 is 5.91 Å². The summed E-state index contributed by atoms with van der Waals surface area (Å²) < 4.78 is 7.02. The van der Waals surface area contributed by atoms with Gasteiger partial charge in [0.15, 0.2) is 0 Å². The van der Waals surface area contributed by atoms with Crippen LogP contribution in [0.5, 0.6) is 0 Å². The molecule has 1 atom stereocenters. The van der Waals surface area contributed by atoms with Gasteiger partial charge in [0.1, 0.15) is 24.0 Å². The second-order valence-corrected chi connectivity index (χ2v) is 5.95. The van der Waals surface area contributed by atoms with E-state index in [0.717, 1.165) is 25.9 Å². The molecule has 8 nitrogen and oxygen atoms in total. The number of piperidine rings is 1. The van der Waals surface area contributed by atoms with Crippen LogP contribution in [0.15, 0.2) is 27.9 Å². The molecule has 0 aliphatic carbocycles. The fourth-order valence-electron chi connectivity index (χ4n) is 2.92. The topological polar surface area (TPSA) is 102 Å². The lowest BCUT2D eigenvalue weighted by atomic mass is 9.95. The summed E-state index contributed by atoms with van der Waals surface area (Å²) in [7, 11) is 0. The normalized spacial score (nSPS) is 17.6. The Balaban J connectivity index is 1.68. The van der Waals surface area contributed by atoms with E-state index in [-0.39, 0.29) is 11.5 Å². The van der Waals surface area contributed by atoms with E-state index >= 15 is 0 Å². The largest absolute Gasteiger partial charge is 0.427 e. The van der Waals surface area contributed by atoms with E-state index in [0.29, 0.717) is 24.4 Å². The molecule has 1 unspecified atom stereocenters. The maximum atomic E-state index is 12.3. The average molecular weight is 331 g/mol. The van der Waals surface area contributed by atoms with Crippen molar-refractivity contribution in [1.82, 2.24) is 25.4 Å². The van der Waals surface area contributed by atoms with E-state index in [1.54, 1.807) is 17.9 Å². The van der Waals surface area contributed by atoms with Gasteiger partial charge in [0.05, 0.1) is 6.54 Å². The van der Waals surface area contributed by atoms with E-state index in [4.69, 9.17) is 4.42 Å². The zero-order chi connectivity index (χ0) is 16.9. The minimum Gasteiger partial charge on any atom is -0.427 e. The third-order valence-electron chi connectivity index (χ3n) is 4.19. The van der Waals surface area contributed by atoms with Crippen LogP contribution >= 0.6 is 0 Å². The number of rotatable bonds is 5. The van der Waals surface area contributed by atoms with Crippen LogP contribution in [0.4, 0.5) is 0 Å². The molecule has 2 aromatic heterocycles. The molecule has 0 saturated carbocycles. The molecule has 0 spiro atoms. The van der Waals surface area contributed by atoms with E-state index in [1.165, 1.54) is 6.33 Å². The van der Waals surface area contributed by atoms with Crippen molar-refractivity contribution in [3.05, 3.63) is 46.0 Å². The fourth-order valence-corrected chi connectivity index (χ4v) is 2.92. The highest BCUT2D eigenvalue weighted by atomic mass is 16.4. The Morgan fingerprint density at radius 1 is 1.54 bits per heavy atom. The van der Waals surface area contributed by atoms with Gasteiger partial charge in [-0.15, -0.1) is 0 Å². The summed E-state index contributed by atoms with van der Waals surface area (Å²) in [6.45, 7) is 4.40. The highest BCUT2D eigenvalue weighted by molar-refractivity contribution is 5.95. The summed E-state index contributed by atoms with van der Waals surface area (Å²) in [5, 5.41) is 9.97. The quantitative estimate of drug-likeness (QED) is 0.824. The average Bonchev–Trinajstić information content (AvgIpc) is 3.08. The Morgan fingerprint density at radius 3 is 3.08 bits per heavy atom. The molecule has 2 aromatic rings. The summed E-state index contributed by atoms with van der Waals surface area (Å²) in [4.78, 5) is 28.4. The summed E-state index contributed by atoms with van der Waals surface area (Å²) in [6, 6.07) is 1.81. The molecule has 1 aliphatic heterocycles. The lowest BCUT2D eigenvalue weighted by molar-refractivity contribution is 0.0946. The van der Waals surface area contributed by atoms with Gasteiger partial charge in [-0.3, -0.25) is 9.48 Å². The highest BCUT2D eigenvalue weighted by Gasteiger charge is 2.22. The van der Waals surface area contributed by atoms with Crippen molar-refractivity contribution in [2.75, 3.05) is 19.6 Å². The van der Waals surface area contributed by atoms with Crippen LogP contribution in [-0.2, 0) is 6.54 Å². The van der Waals surface area contributed by atoms with Crippen LogP contribution in [0.1, 0.15) is 40.4 Å². The lowest BCUT2D eigenvalue weighted by Crippen LogP contribution is -2.33. The number of nitrogens with one attached hydrogen (secondary N) is 2. The maximum absolute atomic E-state index is 12.3. The van der Waals surface area contributed by atoms with E-state index in [1.807, 2.05) is 6.07 Å². The molecule has 0 aromatic carbocycles. The zero-order valence-electron chi connectivity index (χ0n) is 13.6. The van der Waals surface area contributed by atoms with Gasteiger partial charge in [0.25, 0.3) is 5.91 Å². The van der Waals surface area contributed by atoms with Crippen molar-refractivity contribution in [3.8, 4) is 0 Å². The Labute approximate surface area is 139 Å². The summed E-state index contributed by atoms with van der Waals surface area (Å²) in [5.41, 5.74) is 0.139. The lowest BCUT2D eigenvalue weighted by Gasteiger charge is -2.22. The first kappa shape index (κ1) is 16.4. The molecule has 1 fully saturated rings. The van der Waals surface area contributed by atoms with Crippen LogP contribution in [0.3, 0.4) is 0 Å². The standard InChI is InChI=1S/C16H21N5O3/c1-11-7-13(12-3-2-4-17-8-12)24-16(23)14(11)15(22)19-5-6-21-10-18-9-20-21/h7,9-10,12,17H,2-6,8H2,1H3,(H,19,22). The smallest absolute Gasteiger partial charge is 0.349 e. The molecule has 24 heavy (non-hydrogen) atoms. The molecule has 1 amide bonds. The first-order chi connectivity index (χ1) is 11.6. The third-order valence-corrected chi connectivity index (χ3v) is 4.19. The summed E-state index contributed by atoms with van der Waals surface area (Å²) in [6.07, 6.45) is 5.04. The predicted octanol–water partition coefficient (Wildman–Crippen LogP) is 0.437. The van der Waals surface area contributed by atoms with Gasteiger partial charge < -0.3 is 15.1 Å². The maximum Gasteiger partial charge on any atom is 0.349 e. The van der Waals surface area contributed by atoms with Gasteiger partial charge >= 0.3 is 5.63 Å². The molecule has 1 aliphatic rings. The van der Waals surface area contributed by atoms with Crippen molar-refractivity contribution in [2.24, 2.45) is 0 Å². The number of aromatic nitrogens is 3. The summed E-state index contributed by atoms with van der Waals surface area (Å²) in [5.74, 6) is 0.424. The van der Waals surface area contributed by atoms with Gasteiger partial charge in [0, 0.05) is 19.0 Å². The number of hydrogen-bond donors (Lipinski definition) is 2. The van der Waals surface area contributed by atoms with Crippen LogP contribution in [0.2, 0.25) is 0 Å². The number of amides is 1.